The van der Waals surface area contributed by atoms with Crippen molar-refractivity contribution >= 4 is 11.4 Å². The lowest BCUT2D eigenvalue weighted by atomic mass is 10.2. The molecule has 16 heavy (non-hydrogen) atoms. The third-order valence-electron chi connectivity index (χ3n) is 2.41. The number of hydrogen-bond donors (Lipinski definition) is 3. The molecule has 0 aliphatic rings. The SMILES string of the molecule is Nc1cc(F)ccc1NCCc1cc[nH]c1. The highest BCUT2D eigenvalue weighted by Crippen LogP contribution is 2.18. The zero-order chi connectivity index (χ0) is 11.4. The first-order valence-electron chi connectivity index (χ1n) is 5.16. The number of aromatic amines is 1. The van der Waals surface area contributed by atoms with Crippen LogP contribution in [0.2, 0.25) is 0 Å². The third kappa shape index (κ3) is 2.53. The van der Waals surface area contributed by atoms with Crippen molar-refractivity contribution < 1.29 is 4.39 Å². The van der Waals surface area contributed by atoms with Gasteiger partial charge in [0.1, 0.15) is 5.82 Å². The molecule has 0 amide bonds. The van der Waals surface area contributed by atoms with Gasteiger partial charge in [-0.05, 0) is 36.2 Å². The minimum absolute atomic E-state index is 0.311. The van der Waals surface area contributed by atoms with Gasteiger partial charge in [-0.2, -0.15) is 0 Å². The van der Waals surface area contributed by atoms with E-state index in [4.69, 9.17) is 5.73 Å². The van der Waals surface area contributed by atoms with E-state index in [9.17, 15) is 4.39 Å². The second kappa shape index (κ2) is 4.70. The zero-order valence-electron chi connectivity index (χ0n) is 8.83. The Bertz CT molecular complexity index is 451. The lowest BCUT2D eigenvalue weighted by molar-refractivity contribution is 0.628. The first-order chi connectivity index (χ1) is 7.75. The summed E-state index contributed by atoms with van der Waals surface area (Å²) in [6.07, 6.45) is 4.75. The summed E-state index contributed by atoms with van der Waals surface area (Å²) in [6, 6.07) is 6.39. The molecule has 4 heteroatoms. The molecule has 0 aliphatic carbocycles. The number of rotatable bonds is 4. The van der Waals surface area contributed by atoms with Crippen molar-refractivity contribution in [3.05, 3.63) is 48.0 Å². The van der Waals surface area contributed by atoms with Crippen molar-refractivity contribution in [2.75, 3.05) is 17.6 Å². The smallest absolute Gasteiger partial charge is 0.125 e. The van der Waals surface area contributed by atoms with Crippen molar-refractivity contribution in [3.63, 3.8) is 0 Å². The molecule has 0 radical (unpaired) electrons. The maximum absolute atomic E-state index is 12.8. The van der Waals surface area contributed by atoms with E-state index in [-0.39, 0.29) is 5.82 Å². The largest absolute Gasteiger partial charge is 0.397 e. The Morgan fingerprint density at radius 1 is 1.31 bits per heavy atom. The highest BCUT2D eigenvalue weighted by Gasteiger charge is 2.00. The number of benzene rings is 1. The summed E-state index contributed by atoms with van der Waals surface area (Å²) in [5.74, 6) is -0.311. The Kier molecular flexibility index (Phi) is 3.10. The van der Waals surface area contributed by atoms with Gasteiger partial charge < -0.3 is 16.0 Å². The van der Waals surface area contributed by atoms with Crippen molar-refractivity contribution in [1.82, 2.24) is 4.98 Å². The van der Waals surface area contributed by atoms with Crippen molar-refractivity contribution in [1.29, 1.82) is 0 Å². The fraction of sp³-hybridized carbons (Fsp3) is 0.167. The third-order valence-corrected chi connectivity index (χ3v) is 2.41. The summed E-state index contributed by atoms with van der Waals surface area (Å²) < 4.78 is 12.8. The van der Waals surface area contributed by atoms with Gasteiger partial charge in [-0.1, -0.05) is 0 Å². The fourth-order valence-electron chi connectivity index (χ4n) is 1.55. The van der Waals surface area contributed by atoms with Crippen LogP contribution in [-0.2, 0) is 6.42 Å². The molecule has 0 saturated heterocycles. The first-order valence-corrected chi connectivity index (χ1v) is 5.16. The van der Waals surface area contributed by atoms with Gasteiger partial charge >= 0.3 is 0 Å². The maximum Gasteiger partial charge on any atom is 0.125 e. The Labute approximate surface area is 93.5 Å². The van der Waals surface area contributed by atoms with E-state index in [0.29, 0.717) is 5.69 Å². The monoisotopic (exact) mass is 219 g/mol. The van der Waals surface area contributed by atoms with Crippen LogP contribution in [0, 0.1) is 5.82 Å². The Morgan fingerprint density at radius 2 is 2.19 bits per heavy atom. The van der Waals surface area contributed by atoms with Crippen LogP contribution in [0.3, 0.4) is 0 Å². The molecular weight excluding hydrogens is 205 g/mol. The molecule has 0 spiro atoms. The number of anilines is 2. The summed E-state index contributed by atoms with van der Waals surface area (Å²) >= 11 is 0. The quantitative estimate of drug-likeness (QED) is 0.691. The lowest BCUT2D eigenvalue weighted by Gasteiger charge is -2.08. The van der Waals surface area contributed by atoms with Gasteiger partial charge in [0.25, 0.3) is 0 Å². The van der Waals surface area contributed by atoms with Gasteiger partial charge in [-0.25, -0.2) is 4.39 Å². The number of H-pyrrole nitrogens is 1. The number of halogens is 1. The second-order valence-electron chi connectivity index (χ2n) is 3.63. The van der Waals surface area contributed by atoms with Crippen LogP contribution in [0.25, 0.3) is 0 Å². The number of nitrogens with one attached hydrogen (secondary N) is 2. The molecule has 3 nitrogen and oxygen atoms in total. The van der Waals surface area contributed by atoms with Crippen LogP contribution in [0.5, 0.6) is 0 Å². The average molecular weight is 219 g/mol. The second-order valence-corrected chi connectivity index (χ2v) is 3.63. The summed E-state index contributed by atoms with van der Waals surface area (Å²) in [5.41, 5.74) is 8.12. The predicted octanol–water partition coefficient (Wildman–Crippen LogP) is 2.39. The normalized spacial score (nSPS) is 10.3. The number of aromatic nitrogens is 1. The highest BCUT2D eigenvalue weighted by atomic mass is 19.1. The molecule has 1 heterocycles. The highest BCUT2D eigenvalue weighted by molar-refractivity contribution is 5.65. The molecule has 0 saturated carbocycles. The van der Waals surface area contributed by atoms with Crippen LogP contribution in [0.4, 0.5) is 15.8 Å². The van der Waals surface area contributed by atoms with Crippen molar-refractivity contribution in [2.24, 2.45) is 0 Å². The van der Waals surface area contributed by atoms with E-state index < -0.39 is 0 Å². The maximum atomic E-state index is 12.8. The zero-order valence-corrected chi connectivity index (χ0v) is 8.83. The molecule has 2 aromatic rings. The van der Waals surface area contributed by atoms with Gasteiger partial charge in [-0.15, -0.1) is 0 Å². The van der Waals surface area contributed by atoms with Gasteiger partial charge in [0.15, 0.2) is 0 Å². The van der Waals surface area contributed by atoms with Gasteiger partial charge in [-0.3, -0.25) is 0 Å². The minimum Gasteiger partial charge on any atom is -0.397 e. The lowest BCUT2D eigenvalue weighted by Crippen LogP contribution is -2.06. The van der Waals surface area contributed by atoms with Crippen LogP contribution < -0.4 is 11.1 Å². The Balaban J connectivity index is 1.90. The molecule has 0 bridgehead atoms. The van der Waals surface area contributed by atoms with Crippen molar-refractivity contribution in [2.45, 2.75) is 6.42 Å². The molecule has 0 fully saturated rings. The molecule has 0 aliphatic heterocycles. The van der Waals surface area contributed by atoms with Crippen LogP contribution in [0.1, 0.15) is 5.56 Å². The molecule has 0 atom stereocenters. The van der Waals surface area contributed by atoms with Gasteiger partial charge in [0.2, 0.25) is 0 Å². The van der Waals surface area contributed by atoms with E-state index in [1.54, 1.807) is 6.07 Å². The van der Waals surface area contributed by atoms with E-state index >= 15 is 0 Å². The van der Waals surface area contributed by atoms with Crippen LogP contribution in [0.15, 0.2) is 36.7 Å². The molecule has 1 aromatic carbocycles. The topological polar surface area (TPSA) is 53.8 Å². The minimum atomic E-state index is -0.311. The van der Waals surface area contributed by atoms with E-state index in [0.717, 1.165) is 18.7 Å². The average Bonchev–Trinajstić information content (AvgIpc) is 2.74. The predicted molar refractivity (Wildman–Crippen MR) is 63.8 cm³/mol. The fourth-order valence-corrected chi connectivity index (χ4v) is 1.55. The van der Waals surface area contributed by atoms with Crippen LogP contribution in [-0.4, -0.2) is 11.5 Å². The van der Waals surface area contributed by atoms with E-state index in [2.05, 4.69) is 10.3 Å². The standard InChI is InChI=1S/C12H14FN3/c13-10-1-2-12(11(14)7-10)16-6-4-9-3-5-15-8-9/h1-3,5,7-8,15-16H,4,6,14H2. The Hall–Kier alpha value is -1.97. The van der Waals surface area contributed by atoms with E-state index in [1.807, 2.05) is 18.5 Å². The summed E-state index contributed by atoms with van der Waals surface area (Å²) in [6.45, 7) is 0.772. The number of nitrogen functional groups attached to an aromatic ring is 1. The van der Waals surface area contributed by atoms with E-state index in [1.165, 1.54) is 17.7 Å². The van der Waals surface area contributed by atoms with Gasteiger partial charge in [0, 0.05) is 18.9 Å². The molecule has 0 unspecified atom stereocenters. The summed E-state index contributed by atoms with van der Waals surface area (Å²) in [4.78, 5) is 3.00. The summed E-state index contributed by atoms with van der Waals surface area (Å²) in [7, 11) is 0. The molecule has 1 aromatic heterocycles. The first kappa shape index (κ1) is 10.5. The molecular formula is C12H14FN3. The Morgan fingerprint density at radius 3 is 2.88 bits per heavy atom. The molecule has 4 N–H and O–H groups in total. The number of hydrogen-bond acceptors (Lipinski definition) is 2. The molecule has 2 rings (SSSR count). The van der Waals surface area contributed by atoms with Crippen molar-refractivity contribution in [3.8, 4) is 0 Å². The molecule has 84 valence electrons. The van der Waals surface area contributed by atoms with Crippen LogP contribution >= 0.6 is 0 Å². The summed E-state index contributed by atoms with van der Waals surface area (Å²) in [5, 5.41) is 3.17. The van der Waals surface area contributed by atoms with Gasteiger partial charge in [0.05, 0.1) is 11.4 Å². The number of nitrogens with two attached hydrogens (primary N) is 1.